The van der Waals surface area contributed by atoms with Crippen LogP contribution in [0.3, 0.4) is 0 Å². The van der Waals surface area contributed by atoms with E-state index in [1.54, 1.807) is 11.3 Å². The predicted molar refractivity (Wildman–Crippen MR) is 156 cm³/mol. The van der Waals surface area contributed by atoms with Crippen molar-refractivity contribution >= 4 is 45.7 Å². The predicted octanol–water partition coefficient (Wildman–Crippen LogP) is 5.61. The monoisotopic (exact) mass is 553 g/mol. The van der Waals surface area contributed by atoms with Gasteiger partial charge in [0.05, 0.1) is 10.6 Å². The number of thioether (sulfide) groups is 1. The van der Waals surface area contributed by atoms with E-state index in [2.05, 4.69) is 10.2 Å². The maximum atomic E-state index is 13.5. The van der Waals surface area contributed by atoms with Crippen molar-refractivity contribution in [2.24, 2.45) is 0 Å². The van der Waals surface area contributed by atoms with Gasteiger partial charge in [0.15, 0.2) is 11.0 Å². The van der Waals surface area contributed by atoms with Crippen LogP contribution in [0.15, 0.2) is 95.5 Å². The number of piperazine rings is 1. The minimum absolute atomic E-state index is 0.0119. The van der Waals surface area contributed by atoms with Gasteiger partial charge in [-0.25, -0.2) is 0 Å². The molecule has 0 radical (unpaired) electrons. The fourth-order valence-electron chi connectivity index (χ4n) is 5.01. The molecule has 1 aliphatic rings. The fourth-order valence-corrected chi connectivity index (χ4v) is 6.56. The fraction of sp³-hybridized carbons (Fsp3) is 0.200. The molecule has 2 amide bonds. The van der Waals surface area contributed by atoms with E-state index in [0.29, 0.717) is 30.4 Å². The van der Waals surface area contributed by atoms with Gasteiger partial charge in [-0.05, 0) is 47.3 Å². The number of carbonyl (C=O) groups excluding carboxylic acids is 2. The molecule has 2 aromatic heterocycles. The molecule has 39 heavy (non-hydrogen) atoms. The first-order valence-electron chi connectivity index (χ1n) is 12.8. The second-order valence-electron chi connectivity index (χ2n) is 9.46. The highest BCUT2D eigenvalue weighted by atomic mass is 32.2. The average Bonchev–Trinajstić information content (AvgIpc) is 3.66. The van der Waals surface area contributed by atoms with E-state index < -0.39 is 0 Å². The van der Waals surface area contributed by atoms with Crippen LogP contribution in [0.25, 0.3) is 27.2 Å². The quantitative estimate of drug-likeness (QED) is 0.256. The van der Waals surface area contributed by atoms with Crippen molar-refractivity contribution in [3.8, 4) is 16.4 Å². The van der Waals surface area contributed by atoms with Crippen LogP contribution in [0.2, 0.25) is 0 Å². The van der Waals surface area contributed by atoms with Crippen LogP contribution in [-0.4, -0.2) is 67.8 Å². The zero-order valence-electron chi connectivity index (χ0n) is 21.4. The standard InChI is InChI=1S/C30H27N5O2S2/c1-21-19-33(16-17-34(21)29(37)25-14-7-10-22-9-5-6-13-24(22)25)27(36)20-39-30-32-31-28(26-15-8-18-38-26)35(30)23-11-3-2-4-12-23/h2-15,18,21H,16-17,19-20H2,1H3. The van der Waals surface area contributed by atoms with Crippen LogP contribution >= 0.6 is 23.1 Å². The van der Waals surface area contributed by atoms with Gasteiger partial charge in [-0.2, -0.15) is 0 Å². The Labute approximate surface area is 235 Å². The van der Waals surface area contributed by atoms with Crippen molar-refractivity contribution in [2.45, 2.75) is 18.1 Å². The topological polar surface area (TPSA) is 71.3 Å². The summed E-state index contributed by atoms with van der Waals surface area (Å²) in [5.74, 6) is 1.06. The molecular formula is C30H27N5O2S2. The Balaban J connectivity index is 1.14. The lowest BCUT2D eigenvalue weighted by Gasteiger charge is -2.40. The highest BCUT2D eigenvalue weighted by Crippen LogP contribution is 2.31. The molecule has 1 atom stereocenters. The van der Waals surface area contributed by atoms with Crippen molar-refractivity contribution in [2.75, 3.05) is 25.4 Å². The Morgan fingerprint density at radius 1 is 0.923 bits per heavy atom. The minimum Gasteiger partial charge on any atom is -0.338 e. The van der Waals surface area contributed by atoms with Gasteiger partial charge in [0.2, 0.25) is 5.91 Å². The van der Waals surface area contributed by atoms with Crippen molar-refractivity contribution in [3.63, 3.8) is 0 Å². The zero-order valence-corrected chi connectivity index (χ0v) is 23.1. The first kappa shape index (κ1) is 25.3. The van der Waals surface area contributed by atoms with Gasteiger partial charge in [-0.3, -0.25) is 14.2 Å². The molecule has 0 N–H and O–H groups in total. The van der Waals surface area contributed by atoms with E-state index in [0.717, 1.165) is 27.2 Å². The SMILES string of the molecule is CC1CN(C(=O)CSc2nnc(-c3cccs3)n2-c2ccccc2)CCN1C(=O)c1cccc2ccccc12. The number of para-hydroxylation sites is 1. The van der Waals surface area contributed by atoms with E-state index in [4.69, 9.17) is 0 Å². The lowest BCUT2D eigenvalue weighted by molar-refractivity contribution is -0.130. The number of rotatable bonds is 6. The van der Waals surface area contributed by atoms with Gasteiger partial charge in [0.1, 0.15) is 0 Å². The summed E-state index contributed by atoms with van der Waals surface area (Å²) in [7, 11) is 0. The molecule has 196 valence electrons. The molecule has 9 heteroatoms. The van der Waals surface area contributed by atoms with E-state index in [1.807, 2.05) is 112 Å². The highest BCUT2D eigenvalue weighted by Gasteiger charge is 2.31. The molecule has 0 spiro atoms. The second kappa shape index (κ2) is 11.0. The molecule has 5 aromatic rings. The maximum Gasteiger partial charge on any atom is 0.254 e. The number of fused-ring (bicyclic) bond motifs is 1. The summed E-state index contributed by atoms with van der Waals surface area (Å²) < 4.78 is 2.01. The van der Waals surface area contributed by atoms with Crippen molar-refractivity contribution in [3.05, 3.63) is 95.9 Å². The number of thiophene rings is 1. The molecule has 1 saturated heterocycles. The smallest absolute Gasteiger partial charge is 0.254 e. The number of carbonyl (C=O) groups is 2. The third-order valence-electron chi connectivity index (χ3n) is 6.98. The van der Waals surface area contributed by atoms with Crippen LogP contribution in [0.4, 0.5) is 0 Å². The summed E-state index contributed by atoms with van der Waals surface area (Å²) in [5, 5.41) is 13.6. The number of nitrogens with zero attached hydrogens (tertiary/aromatic N) is 5. The van der Waals surface area contributed by atoms with Crippen LogP contribution in [0.5, 0.6) is 0 Å². The molecule has 1 aliphatic heterocycles. The summed E-state index contributed by atoms with van der Waals surface area (Å²) in [6.07, 6.45) is 0. The molecule has 0 saturated carbocycles. The molecular weight excluding hydrogens is 526 g/mol. The summed E-state index contributed by atoms with van der Waals surface area (Å²) >= 11 is 3.00. The number of hydrogen-bond donors (Lipinski definition) is 0. The third kappa shape index (κ3) is 5.07. The Morgan fingerprint density at radius 2 is 1.72 bits per heavy atom. The number of amides is 2. The highest BCUT2D eigenvalue weighted by molar-refractivity contribution is 7.99. The number of hydrogen-bond acceptors (Lipinski definition) is 6. The van der Waals surface area contributed by atoms with Gasteiger partial charge in [-0.15, -0.1) is 21.5 Å². The molecule has 3 heterocycles. The first-order valence-corrected chi connectivity index (χ1v) is 14.7. The Kier molecular flexibility index (Phi) is 7.17. The lowest BCUT2D eigenvalue weighted by Crippen LogP contribution is -2.55. The minimum atomic E-state index is -0.0856. The van der Waals surface area contributed by atoms with Crippen LogP contribution in [0.1, 0.15) is 17.3 Å². The molecule has 3 aromatic carbocycles. The molecule has 0 aliphatic carbocycles. The van der Waals surface area contributed by atoms with E-state index in [-0.39, 0.29) is 23.6 Å². The second-order valence-corrected chi connectivity index (χ2v) is 11.3. The van der Waals surface area contributed by atoms with Crippen LogP contribution < -0.4 is 0 Å². The Hall–Kier alpha value is -3.95. The molecule has 7 nitrogen and oxygen atoms in total. The zero-order chi connectivity index (χ0) is 26.8. The van der Waals surface area contributed by atoms with E-state index >= 15 is 0 Å². The van der Waals surface area contributed by atoms with Gasteiger partial charge >= 0.3 is 0 Å². The van der Waals surface area contributed by atoms with E-state index in [1.165, 1.54) is 11.8 Å². The molecule has 1 unspecified atom stereocenters. The van der Waals surface area contributed by atoms with Crippen LogP contribution in [0, 0.1) is 0 Å². The third-order valence-corrected chi connectivity index (χ3v) is 8.75. The molecule has 0 bridgehead atoms. The number of benzene rings is 3. The summed E-state index contributed by atoms with van der Waals surface area (Å²) in [6.45, 7) is 3.52. The van der Waals surface area contributed by atoms with Gasteiger partial charge in [-0.1, -0.05) is 72.4 Å². The Morgan fingerprint density at radius 3 is 2.51 bits per heavy atom. The first-order chi connectivity index (χ1) is 19.1. The van der Waals surface area contributed by atoms with Crippen LogP contribution in [-0.2, 0) is 4.79 Å². The van der Waals surface area contributed by atoms with Gasteiger partial charge < -0.3 is 9.80 Å². The molecule has 6 rings (SSSR count). The normalized spacial score (nSPS) is 15.6. The summed E-state index contributed by atoms with van der Waals surface area (Å²) in [6, 6.07) is 27.7. The van der Waals surface area contributed by atoms with Gasteiger partial charge in [0.25, 0.3) is 5.91 Å². The largest absolute Gasteiger partial charge is 0.338 e. The average molecular weight is 554 g/mol. The summed E-state index contributed by atoms with van der Waals surface area (Å²) in [4.78, 5) is 31.5. The van der Waals surface area contributed by atoms with Crippen molar-refractivity contribution < 1.29 is 9.59 Å². The maximum absolute atomic E-state index is 13.5. The Bertz CT molecular complexity index is 1610. The summed E-state index contributed by atoms with van der Waals surface area (Å²) in [5.41, 5.74) is 1.66. The molecule has 1 fully saturated rings. The van der Waals surface area contributed by atoms with Gasteiger partial charge in [0, 0.05) is 36.9 Å². The van der Waals surface area contributed by atoms with Crippen molar-refractivity contribution in [1.82, 2.24) is 24.6 Å². The lowest BCUT2D eigenvalue weighted by atomic mass is 10.0. The number of aromatic nitrogens is 3. The van der Waals surface area contributed by atoms with E-state index in [9.17, 15) is 9.59 Å². The van der Waals surface area contributed by atoms with Crippen molar-refractivity contribution in [1.29, 1.82) is 0 Å².